The van der Waals surface area contributed by atoms with E-state index in [4.69, 9.17) is 12.2 Å². The van der Waals surface area contributed by atoms with E-state index in [0.717, 1.165) is 5.56 Å². The van der Waals surface area contributed by atoms with Gasteiger partial charge in [0, 0.05) is 25.0 Å². The summed E-state index contributed by atoms with van der Waals surface area (Å²) in [5.74, 6) is -0.228. The van der Waals surface area contributed by atoms with Crippen molar-refractivity contribution in [2.75, 3.05) is 0 Å². The zero-order valence-corrected chi connectivity index (χ0v) is 14.1. The summed E-state index contributed by atoms with van der Waals surface area (Å²) >= 11 is 5.11. The molecule has 24 heavy (non-hydrogen) atoms. The van der Waals surface area contributed by atoms with Crippen LogP contribution in [0.1, 0.15) is 28.9 Å². The summed E-state index contributed by atoms with van der Waals surface area (Å²) < 4.78 is 1.68. The van der Waals surface area contributed by atoms with E-state index in [0.29, 0.717) is 21.2 Å². The molecule has 1 aromatic carbocycles. The lowest BCUT2D eigenvalue weighted by Gasteiger charge is -2.14. The quantitative estimate of drug-likeness (QED) is 0.718. The molecule has 0 aliphatic heterocycles. The van der Waals surface area contributed by atoms with Crippen LogP contribution < -0.4 is 10.9 Å². The Labute approximate surface area is 143 Å². The maximum absolute atomic E-state index is 12.5. The first-order valence-corrected chi connectivity index (χ1v) is 7.82. The number of hydrogen-bond donors (Lipinski definition) is 2. The van der Waals surface area contributed by atoms with E-state index in [2.05, 4.69) is 15.3 Å². The maximum atomic E-state index is 12.5. The molecule has 1 amide bonds. The van der Waals surface area contributed by atoms with Gasteiger partial charge in [-0.3, -0.25) is 19.1 Å². The van der Waals surface area contributed by atoms with Crippen LogP contribution in [-0.4, -0.2) is 20.4 Å². The number of H-pyrrole nitrogens is 1. The number of pyridine rings is 1. The molecule has 2 N–H and O–H groups in total. The highest BCUT2D eigenvalue weighted by Gasteiger charge is 2.13. The summed E-state index contributed by atoms with van der Waals surface area (Å²) in [5.41, 5.74) is 1.73. The fourth-order valence-corrected chi connectivity index (χ4v) is 2.64. The van der Waals surface area contributed by atoms with E-state index in [1.807, 2.05) is 19.1 Å². The molecule has 0 fully saturated rings. The summed E-state index contributed by atoms with van der Waals surface area (Å²) in [7, 11) is 1.61. The summed E-state index contributed by atoms with van der Waals surface area (Å²) in [6.07, 6.45) is 3.40. The monoisotopic (exact) mass is 340 g/mol. The minimum Gasteiger partial charge on any atom is -0.345 e. The zero-order chi connectivity index (χ0) is 17.3. The van der Waals surface area contributed by atoms with Crippen LogP contribution in [0.25, 0.3) is 10.9 Å². The van der Waals surface area contributed by atoms with Gasteiger partial charge in [-0.25, -0.2) is 0 Å². The van der Waals surface area contributed by atoms with Gasteiger partial charge >= 0.3 is 0 Å². The fourth-order valence-electron chi connectivity index (χ4n) is 2.44. The molecule has 1 unspecified atom stereocenters. The molecule has 3 rings (SSSR count). The summed E-state index contributed by atoms with van der Waals surface area (Å²) in [5, 5.41) is 3.40. The molecule has 0 radical (unpaired) electrons. The Bertz CT molecular complexity index is 1020. The summed E-state index contributed by atoms with van der Waals surface area (Å²) in [6, 6.07) is 8.45. The van der Waals surface area contributed by atoms with Gasteiger partial charge in [0.15, 0.2) is 4.77 Å². The van der Waals surface area contributed by atoms with Crippen LogP contribution in [0, 0.1) is 4.77 Å². The molecule has 0 saturated heterocycles. The van der Waals surface area contributed by atoms with Gasteiger partial charge in [-0.15, -0.1) is 0 Å². The average molecular weight is 340 g/mol. The van der Waals surface area contributed by atoms with Crippen molar-refractivity contribution in [2.45, 2.75) is 13.0 Å². The second-order valence-electron chi connectivity index (χ2n) is 5.54. The highest BCUT2D eigenvalue weighted by molar-refractivity contribution is 7.71. The van der Waals surface area contributed by atoms with Gasteiger partial charge in [-0.2, -0.15) is 0 Å². The third kappa shape index (κ3) is 2.98. The van der Waals surface area contributed by atoms with Crippen LogP contribution in [0.15, 0.2) is 47.5 Å². The largest absolute Gasteiger partial charge is 0.345 e. The van der Waals surface area contributed by atoms with Crippen molar-refractivity contribution in [3.63, 3.8) is 0 Å². The van der Waals surface area contributed by atoms with Crippen molar-refractivity contribution in [1.29, 1.82) is 0 Å². The smallest absolute Gasteiger partial charge is 0.261 e. The predicted molar refractivity (Wildman–Crippen MR) is 94.5 cm³/mol. The van der Waals surface area contributed by atoms with Gasteiger partial charge in [0.1, 0.15) is 0 Å². The number of nitrogens with one attached hydrogen (secondary N) is 2. The Kier molecular flexibility index (Phi) is 4.26. The molecule has 1 atom stereocenters. The molecule has 7 heteroatoms. The highest BCUT2D eigenvalue weighted by Crippen LogP contribution is 2.14. The van der Waals surface area contributed by atoms with E-state index in [-0.39, 0.29) is 17.5 Å². The SMILES string of the molecule is CC(NC(=O)c1ccc2c(=O)n(C)c(=S)[nH]c2c1)c1cccnc1. The lowest BCUT2D eigenvalue weighted by Crippen LogP contribution is -2.27. The minimum absolute atomic E-state index is 0.177. The Balaban J connectivity index is 1.92. The van der Waals surface area contributed by atoms with Crippen LogP contribution >= 0.6 is 12.2 Å². The van der Waals surface area contributed by atoms with E-state index in [1.54, 1.807) is 37.6 Å². The first kappa shape index (κ1) is 16.1. The lowest BCUT2D eigenvalue weighted by atomic mass is 10.1. The third-order valence-electron chi connectivity index (χ3n) is 3.90. The Morgan fingerprint density at radius 2 is 2.17 bits per heavy atom. The number of benzene rings is 1. The van der Waals surface area contributed by atoms with Crippen molar-refractivity contribution in [1.82, 2.24) is 19.9 Å². The van der Waals surface area contributed by atoms with E-state index in [1.165, 1.54) is 4.57 Å². The van der Waals surface area contributed by atoms with Crippen LogP contribution in [0.4, 0.5) is 0 Å². The standard InChI is InChI=1S/C17H16N4O2S/c1-10(12-4-3-7-18-9-12)19-15(22)11-5-6-13-14(8-11)20-17(24)21(2)16(13)23/h3-10H,1-2H3,(H,19,22)(H,20,24). The molecule has 6 nitrogen and oxygen atoms in total. The topological polar surface area (TPSA) is 79.8 Å². The molecule has 122 valence electrons. The molecule has 3 aromatic rings. The molecule has 2 aromatic heterocycles. The molecule has 0 spiro atoms. The third-order valence-corrected chi connectivity index (χ3v) is 4.27. The number of amides is 1. The van der Waals surface area contributed by atoms with Gasteiger partial charge < -0.3 is 10.3 Å². The van der Waals surface area contributed by atoms with Gasteiger partial charge in [-0.05, 0) is 49.0 Å². The van der Waals surface area contributed by atoms with Crippen molar-refractivity contribution in [2.24, 2.45) is 7.05 Å². The van der Waals surface area contributed by atoms with Gasteiger partial charge in [0.25, 0.3) is 11.5 Å². The maximum Gasteiger partial charge on any atom is 0.261 e. The number of carbonyl (C=O) groups is 1. The highest BCUT2D eigenvalue weighted by atomic mass is 32.1. The van der Waals surface area contributed by atoms with Gasteiger partial charge in [0.05, 0.1) is 16.9 Å². The first-order valence-electron chi connectivity index (χ1n) is 7.41. The molecular weight excluding hydrogens is 324 g/mol. The van der Waals surface area contributed by atoms with Gasteiger partial charge in [-0.1, -0.05) is 6.07 Å². The van der Waals surface area contributed by atoms with Gasteiger partial charge in [0.2, 0.25) is 0 Å². The van der Waals surface area contributed by atoms with Crippen molar-refractivity contribution in [3.05, 3.63) is 69.0 Å². The fraction of sp³-hybridized carbons (Fsp3) is 0.176. The van der Waals surface area contributed by atoms with Crippen LogP contribution in [0.3, 0.4) is 0 Å². The van der Waals surface area contributed by atoms with E-state index in [9.17, 15) is 9.59 Å². The number of fused-ring (bicyclic) bond motifs is 1. The Morgan fingerprint density at radius 3 is 2.88 bits per heavy atom. The number of nitrogens with zero attached hydrogens (tertiary/aromatic N) is 2. The van der Waals surface area contributed by atoms with E-state index >= 15 is 0 Å². The summed E-state index contributed by atoms with van der Waals surface area (Å²) in [6.45, 7) is 1.89. The number of hydrogen-bond acceptors (Lipinski definition) is 4. The predicted octanol–water partition coefficient (Wildman–Crippen LogP) is 2.48. The molecule has 0 saturated carbocycles. The molecule has 0 aliphatic rings. The Morgan fingerprint density at radius 1 is 1.38 bits per heavy atom. The molecule has 0 aliphatic carbocycles. The average Bonchev–Trinajstić information content (AvgIpc) is 2.60. The Hall–Kier alpha value is -2.80. The normalized spacial score (nSPS) is 12.1. The van der Waals surface area contributed by atoms with E-state index < -0.39 is 0 Å². The second-order valence-corrected chi connectivity index (χ2v) is 5.92. The van der Waals surface area contributed by atoms with Crippen molar-refractivity contribution < 1.29 is 4.79 Å². The number of carbonyl (C=O) groups excluding carboxylic acids is 1. The van der Waals surface area contributed by atoms with Crippen LogP contribution in [0.2, 0.25) is 0 Å². The molecule has 2 heterocycles. The molecule has 0 bridgehead atoms. The van der Waals surface area contributed by atoms with Crippen molar-refractivity contribution >= 4 is 29.0 Å². The van der Waals surface area contributed by atoms with Crippen LogP contribution in [0.5, 0.6) is 0 Å². The minimum atomic E-state index is -0.228. The number of aromatic amines is 1. The number of aromatic nitrogens is 3. The summed E-state index contributed by atoms with van der Waals surface area (Å²) in [4.78, 5) is 31.6. The zero-order valence-electron chi connectivity index (χ0n) is 13.2. The lowest BCUT2D eigenvalue weighted by molar-refractivity contribution is 0.0940. The first-order chi connectivity index (χ1) is 11.5. The second kappa shape index (κ2) is 6.37. The number of rotatable bonds is 3. The molecular formula is C17H16N4O2S. The van der Waals surface area contributed by atoms with Crippen LogP contribution in [-0.2, 0) is 7.05 Å². The van der Waals surface area contributed by atoms with Crippen molar-refractivity contribution in [3.8, 4) is 0 Å².